The number of hydrogen-bond donors (Lipinski definition) is 0. The van der Waals surface area contributed by atoms with Crippen LogP contribution in [0.2, 0.25) is 0 Å². The predicted molar refractivity (Wildman–Crippen MR) is 65.1 cm³/mol. The van der Waals surface area contributed by atoms with Gasteiger partial charge in [-0.05, 0) is 25.0 Å². The molecule has 0 spiro atoms. The Kier molecular flexibility index (Phi) is 2.61. The average molecular weight is 277 g/mol. The van der Waals surface area contributed by atoms with Crippen LogP contribution in [-0.2, 0) is 11.6 Å². The highest BCUT2D eigenvalue weighted by atomic mass is 19.4. The zero-order valence-corrected chi connectivity index (χ0v) is 10.4. The molecule has 102 valence electrons. The quantitative estimate of drug-likeness (QED) is 0.843. The van der Waals surface area contributed by atoms with E-state index in [0.29, 0.717) is 18.5 Å². The van der Waals surface area contributed by atoms with Crippen LogP contribution in [0.5, 0.6) is 0 Å². The summed E-state index contributed by atoms with van der Waals surface area (Å²) in [6.45, 7) is 0. The lowest BCUT2D eigenvalue weighted by molar-refractivity contribution is -0.137. The van der Waals surface area contributed by atoms with Crippen LogP contribution >= 0.6 is 0 Å². The van der Waals surface area contributed by atoms with Crippen LogP contribution in [0.3, 0.4) is 0 Å². The van der Waals surface area contributed by atoms with E-state index in [1.165, 1.54) is 29.2 Å². The summed E-state index contributed by atoms with van der Waals surface area (Å²) < 4.78 is 40.2. The molecule has 0 saturated heterocycles. The van der Waals surface area contributed by atoms with E-state index in [1.54, 1.807) is 6.07 Å². The molecule has 1 saturated carbocycles. The fraction of sp³-hybridized carbons (Fsp3) is 0.286. The molecule has 1 fully saturated rings. The van der Waals surface area contributed by atoms with E-state index >= 15 is 0 Å². The first-order valence-electron chi connectivity index (χ1n) is 6.09. The molecule has 0 atom stereocenters. The molecule has 0 unspecified atom stereocenters. The lowest BCUT2D eigenvalue weighted by Crippen LogP contribution is -2.10. The summed E-state index contributed by atoms with van der Waals surface area (Å²) in [5.41, 5.74) is -0.756. The number of hydrogen-bond acceptors (Lipinski definition) is 2. The molecular weight excluding hydrogens is 267 g/mol. The molecule has 0 radical (unpaired) electrons. The maximum atomic E-state index is 13.0. The number of para-hydroxylation sites is 1. The second kappa shape index (κ2) is 4.10. The number of nitrogens with zero attached hydrogens (tertiary/aromatic N) is 3. The highest BCUT2D eigenvalue weighted by Crippen LogP contribution is 2.47. The van der Waals surface area contributed by atoms with Gasteiger partial charge in [0, 0.05) is 6.20 Å². The number of alkyl halides is 3. The number of aromatic nitrogens is 2. The summed E-state index contributed by atoms with van der Waals surface area (Å²) in [4.78, 5) is 4.09. The van der Waals surface area contributed by atoms with Crippen molar-refractivity contribution in [3.8, 4) is 11.8 Å². The molecule has 1 aliphatic rings. The summed E-state index contributed by atoms with van der Waals surface area (Å²) in [6.07, 6.45) is -0.158. The first-order valence-corrected chi connectivity index (χ1v) is 6.09. The van der Waals surface area contributed by atoms with Gasteiger partial charge in [-0.25, -0.2) is 4.98 Å². The second-order valence-electron chi connectivity index (χ2n) is 4.87. The lowest BCUT2D eigenvalue weighted by Gasteiger charge is -2.12. The van der Waals surface area contributed by atoms with Gasteiger partial charge in [0.2, 0.25) is 0 Å². The van der Waals surface area contributed by atoms with E-state index in [9.17, 15) is 13.2 Å². The van der Waals surface area contributed by atoms with Gasteiger partial charge in [-0.3, -0.25) is 0 Å². The molecule has 1 heterocycles. The minimum atomic E-state index is -4.42. The van der Waals surface area contributed by atoms with Gasteiger partial charge in [0.1, 0.15) is 5.41 Å². The van der Waals surface area contributed by atoms with Crippen molar-refractivity contribution in [2.24, 2.45) is 0 Å². The summed E-state index contributed by atoms with van der Waals surface area (Å²) in [7, 11) is 0. The number of benzene rings is 1. The molecule has 3 rings (SSSR count). The van der Waals surface area contributed by atoms with Gasteiger partial charge in [0.25, 0.3) is 0 Å². The van der Waals surface area contributed by atoms with Gasteiger partial charge in [0.15, 0.2) is 0 Å². The Bertz CT molecular complexity index is 690. The number of imidazole rings is 1. The predicted octanol–water partition coefficient (Wildman–Crippen LogP) is 3.45. The first kappa shape index (κ1) is 12.7. The van der Waals surface area contributed by atoms with E-state index < -0.39 is 17.2 Å². The second-order valence-corrected chi connectivity index (χ2v) is 4.87. The Hall–Kier alpha value is -2.29. The maximum absolute atomic E-state index is 13.0. The molecule has 20 heavy (non-hydrogen) atoms. The molecule has 0 amide bonds. The molecule has 1 aromatic carbocycles. The molecule has 2 aromatic rings. The van der Waals surface area contributed by atoms with Crippen molar-refractivity contribution in [3.05, 3.63) is 48.0 Å². The van der Waals surface area contributed by atoms with E-state index in [4.69, 9.17) is 5.26 Å². The van der Waals surface area contributed by atoms with Gasteiger partial charge in [-0.2, -0.15) is 18.4 Å². The number of rotatable bonds is 2. The van der Waals surface area contributed by atoms with E-state index in [-0.39, 0.29) is 5.69 Å². The summed E-state index contributed by atoms with van der Waals surface area (Å²) in [6, 6.07) is 7.50. The monoisotopic (exact) mass is 277 g/mol. The van der Waals surface area contributed by atoms with Crippen LogP contribution in [-0.4, -0.2) is 9.55 Å². The minimum absolute atomic E-state index is 0.0208. The molecule has 0 N–H and O–H groups in total. The van der Waals surface area contributed by atoms with Gasteiger partial charge in [0.05, 0.1) is 29.3 Å². The van der Waals surface area contributed by atoms with Crippen LogP contribution in [0.1, 0.15) is 24.1 Å². The summed E-state index contributed by atoms with van der Waals surface area (Å²) >= 11 is 0. The zero-order valence-electron chi connectivity index (χ0n) is 10.4. The summed E-state index contributed by atoms with van der Waals surface area (Å²) in [5.74, 6) is 0. The number of nitriles is 1. The zero-order chi connectivity index (χ0) is 14.4. The van der Waals surface area contributed by atoms with Crippen molar-refractivity contribution >= 4 is 0 Å². The average Bonchev–Trinajstić information content (AvgIpc) is 3.07. The Morgan fingerprint density at radius 2 is 1.95 bits per heavy atom. The molecule has 0 aliphatic heterocycles. The highest BCUT2D eigenvalue weighted by Gasteiger charge is 2.47. The van der Waals surface area contributed by atoms with Gasteiger partial charge in [-0.1, -0.05) is 12.1 Å². The molecular formula is C14H10F3N3. The van der Waals surface area contributed by atoms with Crippen LogP contribution in [0.4, 0.5) is 13.2 Å². The van der Waals surface area contributed by atoms with E-state index in [1.807, 2.05) is 0 Å². The third-order valence-electron chi connectivity index (χ3n) is 3.52. The molecule has 1 aliphatic carbocycles. The van der Waals surface area contributed by atoms with Gasteiger partial charge in [-0.15, -0.1) is 0 Å². The van der Waals surface area contributed by atoms with E-state index in [0.717, 1.165) is 6.07 Å². The standard InChI is InChI=1S/C14H10F3N3/c15-14(16,17)10-3-1-2-4-11(10)20-7-12(19-9-20)13(8-18)5-6-13/h1-4,7,9H,5-6H2. The topological polar surface area (TPSA) is 41.6 Å². The van der Waals surface area contributed by atoms with Crippen molar-refractivity contribution in [2.75, 3.05) is 0 Å². The maximum Gasteiger partial charge on any atom is 0.418 e. The van der Waals surface area contributed by atoms with Crippen LogP contribution in [0, 0.1) is 11.3 Å². The van der Waals surface area contributed by atoms with E-state index in [2.05, 4.69) is 11.1 Å². The SMILES string of the molecule is N#CC1(c2cn(-c3ccccc3C(F)(F)F)cn2)CC1. The van der Waals surface area contributed by atoms with Gasteiger partial charge >= 0.3 is 6.18 Å². The van der Waals surface area contributed by atoms with Crippen LogP contribution < -0.4 is 0 Å². The Morgan fingerprint density at radius 1 is 1.25 bits per heavy atom. The molecule has 6 heteroatoms. The van der Waals surface area contributed by atoms with Crippen molar-refractivity contribution in [1.29, 1.82) is 5.26 Å². The molecule has 3 nitrogen and oxygen atoms in total. The largest absolute Gasteiger partial charge is 0.418 e. The lowest BCUT2D eigenvalue weighted by atomic mass is 10.1. The van der Waals surface area contributed by atoms with Crippen molar-refractivity contribution < 1.29 is 13.2 Å². The van der Waals surface area contributed by atoms with Crippen molar-refractivity contribution in [3.63, 3.8) is 0 Å². The Morgan fingerprint density at radius 3 is 2.55 bits per heavy atom. The van der Waals surface area contributed by atoms with Crippen LogP contribution in [0.25, 0.3) is 5.69 Å². The third-order valence-corrected chi connectivity index (χ3v) is 3.52. The van der Waals surface area contributed by atoms with Crippen LogP contribution in [0.15, 0.2) is 36.8 Å². The fourth-order valence-electron chi connectivity index (χ4n) is 2.19. The third kappa shape index (κ3) is 1.95. The number of halogens is 3. The summed E-state index contributed by atoms with van der Waals surface area (Å²) in [5, 5.41) is 9.09. The normalized spacial score (nSPS) is 16.7. The Balaban J connectivity index is 2.05. The molecule has 1 aromatic heterocycles. The minimum Gasteiger partial charge on any atom is -0.305 e. The smallest absolute Gasteiger partial charge is 0.305 e. The van der Waals surface area contributed by atoms with Crippen molar-refractivity contribution in [1.82, 2.24) is 9.55 Å². The highest BCUT2D eigenvalue weighted by molar-refractivity contribution is 5.44. The van der Waals surface area contributed by atoms with Crippen molar-refractivity contribution in [2.45, 2.75) is 24.4 Å². The molecule has 0 bridgehead atoms. The Labute approximate surface area is 113 Å². The first-order chi connectivity index (χ1) is 9.46. The van der Waals surface area contributed by atoms with Gasteiger partial charge < -0.3 is 4.57 Å². The fourth-order valence-corrected chi connectivity index (χ4v) is 2.19.